The van der Waals surface area contributed by atoms with Crippen LogP contribution in [-0.2, 0) is 9.31 Å². The van der Waals surface area contributed by atoms with Crippen molar-refractivity contribution in [1.82, 2.24) is 4.98 Å². The summed E-state index contributed by atoms with van der Waals surface area (Å²) < 4.78 is 16.7. The predicted octanol–water partition coefficient (Wildman–Crippen LogP) is 5.43. The fraction of sp³-hybridized carbons (Fsp3) is 0.500. The monoisotopic (exact) mass is 371 g/mol. The van der Waals surface area contributed by atoms with E-state index in [9.17, 15) is 0 Å². The molecule has 2 heterocycles. The topological polar surface area (TPSA) is 40.6 Å². The Labute approximate surface area is 165 Å². The molecule has 1 aromatic rings. The second-order valence-corrected chi connectivity index (χ2v) is 7.19. The van der Waals surface area contributed by atoms with Gasteiger partial charge in [-0.05, 0) is 37.7 Å². The molecule has 0 unspecified atom stereocenters. The second kappa shape index (κ2) is 13.3. The van der Waals surface area contributed by atoms with E-state index in [1.165, 1.54) is 0 Å². The highest BCUT2D eigenvalue weighted by Gasteiger charge is 2.33. The highest BCUT2D eigenvalue weighted by atomic mass is 16.6. The summed E-state index contributed by atoms with van der Waals surface area (Å²) in [6.07, 6.45) is 13.0. The lowest BCUT2D eigenvalue weighted by atomic mass is 9.74. The van der Waals surface area contributed by atoms with Crippen molar-refractivity contribution in [1.29, 1.82) is 0 Å². The molecule has 0 aromatic carbocycles. The first-order chi connectivity index (χ1) is 13.0. The fourth-order valence-corrected chi connectivity index (χ4v) is 2.31. The molecule has 1 saturated heterocycles. The summed E-state index contributed by atoms with van der Waals surface area (Å²) in [5, 5.41) is 0. The minimum Gasteiger partial charge on any atom is -0.478 e. The van der Waals surface area contributed by atoms with Gasteiger partial charge in [-0.25, -0.2) is 4.98 Å². The van der Waals surface area contributed by atoms with Crippen LogP contribution in [0.2, 0.25) is 0 Å². The molecule has 0 bridgehead atoms. The summed E-state index contributed by atoms with van der Waals surface area (Å²) in [6.45, 7) is 14.4. The number of pyridine rings is 1. The average molecular weight is 371 g/mol. The Balaban J connectivity index is 0.000000309. The Kier molecular flexibility index (Phi) is 11.5. The number of unbranched alkanes of at least 4 members (excludes halogenated alkanes) is 1. The molecule has 0 aliphatic carbocycles. The van der Waals surface area contributed by atoms with Crippen molar-refractivity contribution in [2.45, 2.75) is 47.0 Å². The second-order valence-electron chi connectivity index (χ2n) is 7.19. The first-order valence-corrected chi connectivity index (χ1v) is 9.73. The third-order valence-electron chi connectivity index (χ3n) is 3.80. The van der Waals surface area contributed by atoms with E-state index in [0.29, 0.717) is 5.88 Å². The first kappa shape index (κ1) is 23.2. The van der Waals surface area contributed by atoms with Gasteiger partial charge < -0.3 is 14.0 Å². The van der Waals surface area contributed by atoms with Crippen molar-refractivity contribution in [3.8, 4) is 5.88 Å². The van der Waals surface area contributed by atoms with E-state index in [1.807, 2.05) is 31.2 Å². The Morgan fingerprint density at radius 1 is 1.30 bits per heavy atom. The van der Waals surface area contributed by atoms with Crippen molar-refractivity contribution < 1.29 is 14.0 Å². The van der Waals surface area contributed by atoms with Crippen LogP contribution in [0.15, 0.2) is 60.8 Å². The largest absolute Gasteiger partial charge is 0.493 e. The van der Waals surface area contributed by atoms with E-state index < -0.39 is 0 Å². The Morgan fingerprint density at radius 2 is 2.04 bits per heavy atom. The minimum atomic E-state index is -0.230. The summed E-state index contributed by atoms with van der Waals surface area (Å²) in [5.74, 6) is 0.712. The molecule has 0 radical (unpaired) electrons. The van der Waals surface area contributed by atoms with Crippen LogP contribution in [0.3, 0.4) is 0 Å². The lowest BCUT2D eigenvalue weighted by Crippen LogP contribution is -2.41. The summed E-state index contributed by atoms with van der Waals surface area (Å²) in [5.41, 5.74) is 1.17. The van der Waals surface area contributed by atoms with Gasteiger partial charge in [0.05, 0.1) is 6.61 Å². The SMILES string of the molecule is C=C/C(=C\CC/C=C\C)B1OCC(C)(C)CO1.CCCOc1ccccn1. The zero-order valence-corrected chi connectivity index (χ0v) is 17.3. The van der Waals surface area contributed by atoms with Crippen molar-refractivity contribution in [2.75, 3.05) is 19.8 Å². The number of hydrogen-bond acceptors (Lipinski definition) is 4. The number of allylic oxidation sites excluding steroid dienone is 5. The van der Waals surface area contributed by atoms with Gasteiger partial charge in [-0.3, -0.25) is 0 Å². The Hall–Kier alpha value is -1.85. The number of rotatable bonds is 8. The van der Waals surface area contributed by atoms with Gasteiger partial charge in [-0.2, -0.15) is 0 Å². The van der Waals surface area contributed by atoms with E-state index in [2.05, 4.69) is 50.6 Å². The molecule has 1 aromatic heterocycles. The predicted molar refractivity (Wildman–Crippen MR) is 114 cm³/mol. The van der Waals surface area contributed by atoms with Gasteiger partial charge >= 0.3 is 7.12 Å². The standard InChI is InChI=1S/C14H23BO2.C8H11NO/c1-5-7-8-9-10-13(6-2)15-16-11-14(3,4)12-17-15;1-2-7-10-8-5-3-4-6-9-8/h5-7,10H,2,8-9,11-12H2,1,3-4H3;3-6H,2,7H2,1H3/b7-5-,13-10+;. The number of aromatic nitrogens is 1. The third-order valence-corrected chi connectivity index (χ3v) is 3.80. The zero-order chi connectivity index (χ0) is 20.0. The van der Waals surface area contributed by atoms with E-state index in [-0.39, 0.29) is 12.5 Å². The molecule has 27 heavy (non-hydrogen) atoms. The number of hydrogen-bond donors (Lipinski definition) is 0. The molecule has 4 nitrogen and oxygen atoms in total. The third kappa shape index (κ3) is 10.2. The highest BCUT2D eigenvalue weighted by molar-refractivity contribution is 6.54. The van der Waals surface area contributed by atoms with Crippen molar-refractivity contribution in [3.05, 3.63) is 60.8 Å². The average Bonchev–Trinajstić information content (AvgIpc) is 2.68. The molecule has 0 atom stereocenters. The molecule has 1 aliphatic rings. The van der Waals surface area contributed by atoms with E-state index in [4.69, 9.17) is 14.0 Å². The Bertz CT molecular complexity index is 574. The van der Waals surface area contributed by atoms with Crippen LogP contribution < -0.4 is 4.74 Å². The van der Waals surface area contributed by atoms with Gasteiger partial charge in [0.25, 0.3) is 0 Å². The lowest BCUT2D eigenvalue weighted by molar-refractivity contribution is 0.0325. The summed E-state index contributed by atoms with van der Waals surface area (Å²) >= 11 is 0. The van der Waals surface area contributed by atoms with Crippen LogP contribution in [0.4, 0.5) is 0 Å². The number of ether oxygens (including phenoxy) is 1. The van der Waals surface area contributed by atoms with Crippen LogP contribution in [0, 0.1) is 5.41 Å². The molecule has 5 heteroatoms. The smallest absolute Gasteiger partial charge is 0.478 e. The van der Waals surface area contributed by atoms with E-state index in [0.717, 1.165) is 44.6 Å². The van der Waals surface area contributed by atoms with Crippen LogP contribution in [-0.4, -0.2) is 31.9 Å². The molecule has 0 saturated carbocycles. The molecule has 1 fully saturated rings. The van der Waals surface area contributed by atoms with Crippen LogP contribution in [0.1, 0.15) is 47.0 Å². The molecule has 148 valence electrons. The maximum atomic E-state index is 5.72. The van der Waals surface area contributed by atoms with E-state index >= 15 is 0 Å². The molecule has 0 amide bonds. The normalized spacial score (nSPS) is 16.6. The van der Waals surface area contributed by atoms with Gasteiger partial charge in [-0.15, -0.1) is 0 Å². The van der Waals surface area contributed by atoms with E-state index in [1.54, 1.807) is 6.20 Å². The van der Waals surface area contributed by atoms with Crippen molar-refractivity contribution in [2.24, 2.45) is 5.41 Å². The minimum absolute atomic E-state index is 0.119. The van der Waals surface area contributed by atoms with Gasteiger partial charge in [0.15, 0.2) is 0 Å². The lowest BCUT2D eigenvalue weighted by Gasteiger charge is -2.33. The maximum Gasteiger partial charge on any atom is 0.493 e. The maximum absolute atomic E-state index is 5.72. The summed E-state index contributed by atoms with van der Waals surface area (Å²) in [4.78, 5) is 3.99. The van der Waals surface area contributed by atoms with Gasteiger partial charge in [0, 0.05) is 30.9 Å². The molecule has 0 N–H and O–H groups in total. The molecule has 0 spiro atoms. The molecule has 1 aliphatic heterocycles. The van der Waals surface area contributed by atoms with Gasteiger partial charge in [-0.1, -0.05) is 57.7 Å². The Morgan fingerprint density at radius 3 is 2.59 bits per heavy atom. The number of nitrogens with zero attached hydrogens (tertiary/aromatic N) is 1. The van der Waals surface area contributed by atoms with Gasteiger partial charge in [0.2, 0.25) is 5.88 Å². The van der Waals surface area contributed by atoms with Crippen LogP contribution in [0.5, 0.6) is 5.88 Å². The molecular formula is C22H34BNO3. The van der Waals surface area contributed by atoms with Gasteiger partial charge in [0.1, 0.15) is 0 Å². The van der Waals surface area contributed by atoms with Crippen LogP contribution >= 0.6 is 0 Å². The quantitative estimate of drug-likeness (QED) is 0.265. The summed E-state index contributed by atoms with van der Waals surface area (Å²) in [6, 6.07) is 5.65. The molecule has 2 rings (SSSR count). The van der Waals surface area contributed by atoms with Crippen LogP contribution in [0.25, 0.3) is 0 Å². The fourth-order valence-electron chi connectivity index (χ4n) is 2.31. The summed E-state index contributed by atoms with van der Waals surface area (Å²) in [7, 11) is -0.230. The van der Waals surface area contributed by atoms with Crippen molar-refractivity contribution >= 4 is 7.12 Å². The highest BCUT2D eigenvalue weighted by Crippen LogP contribution is 2.24. The first-order valence-electron chi connectivity index (χ1n) is 9.73. The molecular weight excluding hydrogens is 337 g/mol. The zero-order valence-electron chi connectivity index (χ0n) is 17.3. The van der Waals surface area contributed by atoms with Crippen molar-refractivity contribution in [3.63, 3.8) is 0 Å².